The van der Waals surface area contributed by atoms with E-state index in [4.69, 9.17) is 5.14 Å². The fourth-order valence-corrected chi connectivity index (χ4v) is 2.23. The van der Waals surface area contributed by atoms with Crippen LogP contribution in [-0.2, 0) is 16.6 Å². The van der Waals surface area contributed by atoms with Crippen LogP contribution < -0.4 is 15.8 Å². The first kappa shape index (κ1) is 14.9. The van der Waals surface area contributed by atoms with Crippen LogP contribution in [0.2, 0.25) is 0 Å². The molecule has 0 aliphatic carbocycles. The van der Waals surface area contributed by atoms with Crippen LogP contribution in [0.25, 0.3) is 0 Å². The van der Waals surface area contributed by atoms with E-state index >= 15 is 0 Å². The van der Waals surface area contributed by atoms with Gasteiger partial charge in [-0.25, -0.2) is 18.5 Å². The lowest BCUT2D eigenvalue weighted by Gasteiger charge is -2.10. The van der Waals surface area contributed by atoms with Gasteiger partial charge in [0.25, 0.3) is 0 Å². The largest absolute Gasteiger partial charge is 0.357 e. The Morgan fingerprint density at radius 3 is 2.83 bits per heavy atom. The number of nitrogens with two attached hydrogens (primary N) is 1. The number of hydrogen-bond donors (Lipinski definition) is 3. The fraction of sp³-hybridized carbons (Fsp3) is 0.500. The summed E-state index contributed by atoms with van der Waals surface area (Å²) in [4.78, 5) is 5.50. The Balaban J connectivity index is 2.46. The first-order valence-electron chi connectivity index (χ1n) is 5.56. The molecule has 6 nitrogen and oxygen atoms in total. The molecule has 0 unspecified atom stereocenters. The van der Waals surface area contributed by atoms with E-state index < -0.39 is 10.0 Å². The highest BCUT2D eigenvalue weighted by atomic mass is 32.2. The van der Waals surface area contributed by atoms with Crippen molar-refractivity contribution in [3.8, 4) is 0 Å². The molecule has 0 bridgehead atoms. The maximum absolute atomic E-state index is 10.8. The molecule has 0 amide bonds. The lowest BCUT2D eigenvalue weighted by atomic mass is 10.5. The van der Waals surface area contributed by atoms with E-state index in [1.54, 1.807) is 11.3 Å². The van der Waals surface area contributed by atoms with Crippen LogP contribution in [0.1, 0.15) is 11.8 Å². The maximum Gasteiger partial charge on any atom is 0.210 e. The quantitative estimate of drug-likeness (QED) is 0.511. The molecule has 1 aromatic rings. The number of thiophene rings is 1. The number of hydrogen-bond acceptors (Lipinski definition) is 4. The van der Waals surface area contributed by atoms with Gasteiger partial charge in [-0.2, -0.15) is 0 Å². The van der Waals surface area contributed by atoms with Crippen molar-refractivity contribution in [3.63, 3.8) is 0 Å². The van der Waals surface area contributed by atoms with Crippen LogP contribution >= 0.6 is 11.3 Å². The molecule has 102 valence electrons. The highest BCUT2D eigenvalue weighted by molar-refractivity contribution is 7.89. The first-order valence-corrected chi connectivity index (χ1v) is 8.16. The Morgan fingerprint density at radius 2 is 2.28 bits per heavy atom. The van der Waals surface area contributed by atoms with Gasteiger partial charge in [0.05, 0.1) is 12.3 Å². The summed E-state index contributed by atoms with van der Waals surface area (Å²) in [6.45, 7) is 3.48. The van der Waals surface area contributed by atoms with Crippen LogP contribution in [0, 0.1) is 0 Å². The third kappa shape index (κ3) is 6.58. The van der Waals surface area contributed by atoms with E-state index in [2.05, 4.69) is 15.6 Å². The van der Waals surface area contributed by atoms with Crippen molar-refractivity contribution in [1.29, 1.82) is 0 Å². The second kappa shape index (κ2) is 7.34. The van der Waals surface area contributed by atoms with Crippen molar-refractivity contribution in [2.45, 2.75) is 13.5 Å². The van der Waals surface area contributed by atoms with Gasteiger partial charge in [0.1, 0.15) is 0 Å². The van der Waals surface area contributed by atoms with Crippen LogP contribution in [0.4, 0.5) is 0 Å². The van der Waals surface area contributed by atoms with Gasteiger partial charge in [-0.15, -0.1) is 11.3 Å². The highest BCUT2D eigenvalue weighted by Gasteiger charge is 2.03. The number of guanidine groups is 1. The number of sulfonamides is 1. The normalized spacial score (nSPS) is 12.4. The predicted molar refractivity (Wildman–Crippen MR) is 75.1 cm³/mol. The Labute approximate surface area is 111 Å². The van der Waals surface area contributed by atoms with Gasteiger partial charge in [0, 0.05) is 18.0 Å². The van der Waals surface area contributed by atoms with Crippen LogP contribution in [-0.4, -0.2) is 33.2 Å². The molecule has 0 aliphatic rings. The Bertz CT molecular complexity index is 468. The monoisotopic (exact) mass is 290 g/mol. The van der Waals surface area contributed by atoms with Gasteiger partial charge in [0.15, 0.2) is 5.96 Å². The molecule has 1 heterocycles. The summed E-state index contributed by atoms with van der Waals surface area (Å²) >= 11 is 1.63. The molecule has 0 radical (unpaired) electrons. The fourth-order valence-electron chi connectivity index (χ4n) is 1.21. The number of nitrogens with zero attached hydrogens (tertiary/aromatic N) is 1. The van der Waals surface area contributed by atoms with Crippen LogP contribution in [0.3, 0.4) is 0 Å². The van der Waals surface area contributed by atoms with E-state index in [1.165, 1.54) is 0 Å². The molecule has 8 heteroatoms. The molecule has 1 rings (SSSR count). The predicted octanol–water partition coefficient (Wildman–Crippen LogP) is 0.0917. The molecule has 0 spiro atoms. The van der Waals surface area contributed by atoms with E-state index in [9.17, 15) is 8.42 Å². The van der Waals surface area contributed by atoms with Gasteiger partial charge in [-0.1, -0.05) is 6.07 Å². The summed E-state index contributed by atoms with van der Waals surface area (Å²) in [5, 5.41) is 12.9. The molecule has 18 heavy (non-hydrogen) atoms. The van der Waals surface area contributed by atoms with E-state index in [1.807, 2.05) is 24.4 Å². The van der Waals surface area contributed by atoms with Crippen molar-refractivity contribution in [2.75, 3.05) is 18.8 Å². The lowest BCUT2D eigenvalue weighted by Crippen LogP contribution is -2.40. The molecular formula is C10H18N4O2S2. The van der Waals surface area contributed by atoms with Gasteiger partial charge < -0.3 is 10.6 Å². The maximum atomic E-state index is 10.8. The first-order chi connectivity index (χ1) is 8.51. The molecule has 4 N–H and O–H groups in total. The van der Waals surface area contributed by atoms with E-state index in [0.717, 1.165) is 4.88 Å². The standard InChI is InChI=1S/C10H18N4O2S2/c1-2-12-10(13-5-7-18(11,15)16)14-8-9-4-3-6-17-9/h3-4,6H,2,5,7-8H2,1H3,(H2,11,15,16)(H2,12,13,14). The zero-order valence-corrected chi connectivity index (χ0v) is 11.9. The van der Waals surface area contributed by atoms with Crippen molar-refractivity contribution in [3.05, 3.63) is 22.4 Å². The summed E-state index contributed by atoms with van der Waals surface area (Å²) in [6.07, 6.45) is 0. The van der Waals surface area contributed by atoms with Crippen molar-refractivity contribution in [1.82, 2.24) is 10.6 Å². The van der Waals surface area contributed by atoms with Gasteiger partial charge >= 0.3 is 0 Å². The number of nitrogens with one attached hydrogen (secondary N) is 2. The molecule has 0 saturated carbocycles. The van der Waals surface area contributed by atoms with Crippen molar-refractivity contribution in [2.24, 2.45) is 10.1 Å². The minimum absolute atomic E-state index is 0.115. The zero-order valence-electron chi connectivity index (χ0n) is 10.2. The van der Waals surface area contributed by atoms with Gasteiger partial charge in [-0.3, -0.25) is 0 Å². The van der Waals surface area contributed by atoms with Crippen LogP contribution in [0.5, 0.6) is 0 Å². The third-order valence-electron chi connectivity index (χ3n) is 2.00. The summed E-state index contributed by atoms with van der Waals surface area (Å²) in [5.41, 5.74) is 0. The smallest absolute Gasteiger partial charge is 0.210 e. The number of rotatable bonds is 6. The van der Waals surface area contributed by atoms with Gasteiger partial charge in [-0.05, 0) is 18.4 Å². The van der Waals surface area contributed by atoms with E-state index in [0.29, 0.717) is 19.0 Å². The average Bonchev–Trinajstić information content (AvgIpc) is 2.77. The highest BCUT2D eigenvalue weighted by Crippen LogP contribution is 2.09. The topological polar surface area (TPSA) is 96.6 Å². The SMILES string of the molecule is CCNC(=NCc1cccs1)NCCS(N)(=O)=O. The number of aliphatic imine (C=N–C) groups is 1. The second-order valence-electron chi connectivity index (χ2n) is 3.57. The Morgan fingerprint density at radius 1 is 1.50 bits per heavy atom. The molecule has 0 aromatic carbocycles. The minimum Gasteiger partial charge on any atom is -0.357 e. The molecular weight excluding hydrogens is 272 g/mol. The Kier molecular flexibility index (Phi) is 6.10. The van der Waals surface area contributed by atoms with Crippen molar-refractivity contribution < 1.29 is 8.42 Å². The summed E-state index contributed by atoms with van der Waals surface area (Å²) in [7, 11) is -3.44. The molecule has 1 aromatic heterocycles. The third-order valence-corrected chi connectivity index (χ3v) is 3.63. The summed E-state index contributed by atoms with van der Waals surface area (Å²) in [6, 6.07) is 3.97. The molecule has 0 saturated heterocycles. The lowest BCUT2D eigenvalue weighted by molar-refractivity contribution is 0.596. The summed E-state index contributed by atoms with van der Waals surface area (Å²) in [5.74, 6) is 0.478. The van der Waals surface area contributed by atoms with Gasteiger partial charge in [0.2, 0.25) is 10.0 Å². The van der Waals surface area contributed by atoms with Crippen molar-refractivity contribution >= 4 is 27.3 Å². The van der Waals surface area contributed by atoms with E-state index in [-0.39, 0.29) is 12.3 Å². The molecule has 0 atom stereocenters. The Hall–Kier alpha value is -1.12. The average molecular weight is 290 g/mol. The summed E-state index contributed by atoms with van der Waals surface area (Å²) < 4.78 is 21.6. The zero-order chi connectivity index (χ0) is 13.4. The van der Waals surface area contributed by atoms with Crippen LogP contribution in [0.15, 0.2) is 22.5 Å². The number of primary sulfonamides is 1. The molecule has 0 aliphatic heterocycles. The minimum atomic E-state index is -3.44. The molecule has 0 fully saturated rings. The second-order valence-corrected chi connectivity index (χ2v) is 6.33.